The molecule has 2 heterocycles. The fraction of sp³-hybridized carbons (Fsp3) is 0.263. The topological polar surface area (TPSA) is 119 Å². The predicted molar refractivity (Wildman–Crippen MR) is 114 cm³/mol. The third-order valence-corrected chi connectivity index (χ3v) is 5.69. The second-order valence-electron chi connectivity index (χ2n) is 6.88. The molecule has 0 aliphatic heterocycles. The number of carbonyl (C=O) groups excluding carboxylic acids is 1. The van der Waals surface area contributed by atoms with Crippen LogP contribution in [0, 0.1) is 19.8 Å². The number of hydrogen-bond donors (Lipinski definition) is 2. The largest absolute Gasteiger partial charge is 0.326 e. The molecule has 0 aliphatic carbocycles. The monoisotopic (exact) mass is 448 g/mol. The highest BCUT2D eigenvalue weighted by atomic mass is 35.5. The van der Waals surface area contributed by atoms with E-state index in [0.29, 0.717) is 28.6 Å². The van der Waals surface area contributed by atoms with Crippen molar-refractivity contribution < 1.29 is 13.2 Å². The summed E-state index contributed by atoms with van der Waals surface area (Å²) < 4.78 is 29.1. The van der Waals surface area contributed by atoms with Gasteiger partial charge in [-0.3, -0.25) is 9.48 Å². The van der Waals surface area contributed by atoms with E-state index in [4.69, 9.17) is 11.6 Å². The van der Waals surface area contributed by atoms with Crippen molar-refractivity contribution in [3.63, 3.8) is 0 Å². The van der Waals surface area contributed by atoms with Gasteiger partial charge in [-0.15, -0.1) is 0 Å². The molecule has 158 valence electrons. The smallest absolute Gasteiger partial charge is 0.264 e. The number of anilines is 2. The standard InChI is InChI=1S/C19H21ClN6O3S/c1-12(10-26-11-15(20)9-21-26)18(27)24-16-4-6-17(7-5-16)30(28,29)25-19-22-13(2)8-14(3)23-19/h4-9,11-12H,10H2,1-3H3,(H,24,27)(H,22,23,25). The summed E-state index contributed by atoms with van der Waals surface area (Å²) in [5, 5.41) is 7.31. The number of rotatable bonds is 7. The van der Waals surface area contributed by atoms with Gasteiger partial charge in [0, 0.05) is 23.3 Å². The highest BCUT2D eigenvalue weighted by molar-refractivity contribution is 7.92. The van der Waals surface area contributed by atoms with Gasteiger partial charge in [0.05, 0.1) is 28.6 Å². The first-order chi connectivity index (χ1) is 14.1. The summed E-state index contributed by atoms with van der Waals surface area (Å²) in [6.45, 7) is 5.64. The summed E-state index contributed by atoms with van der Waals surface area (Å²) in [7, 11) is -3.86. The molecule has 0 spiro atoms. The molecule has 1 unspecified atom stereocenters. The van der Waals surface area contributed by atoms with Crippen molar-refractivity contribution in [2.24, 2.45) is 5.92 Å². The van der Waals surface area contributed by atoms with Crippen LogP contribution in [0.4, 0.5) is 11.6 Å². The average Bonchev–Trinajstić information content (AvgIpc) is 3.05. The number of halogens is 1. The molecule has 9 nitrogen and oxygen atoms in total. The molecule has 0 saturated heterocycles. The number of aromatic nitrogens is 4. The van der Waals surface area contributed by atoms with E-state index >= 15 is 0 Å². The average molecular weight is 449 g/mol. The van der Waals surface area contributed by atoms with Crippen LogP contribution in [0.15, 0.2) is 47.6 Å². The van der Waals surface area contributed by atoms with Crippen molar-refractivity contribution in [2.75, 3.05) is 10.0 Å². The number of hydrogen-bond acceptors (Lipinski definition) is 6. The van der Waals surface area contributed by atoms with Crippen molar-refractivity contribution in [1.82, 2.24) is 19.7 Å². The molecule has 3 aromatic rings. The lowest BCUT2D eigenvalue weighted by Gasteiger charge is -2.13. The number of amides is 1. The Morgan fingerprint density at radius 3 is 2.37 bits per heavy atom. The molecule has 0 aliphatic rings. The number of carbonyl (C=O) groups is 1. The molecule has 3 rings (SSSR count). The van der Waals surface area contributed by atoms with Gasteiger partial charge in [0.1, 0.15) is 0 Å². The van der Waals surface area contributed by atoms with Gasteiger partial charge < -0.3 is 5.32 Å². The van der Waals surface area contributed by atoms with Crippen LogP contribution in [0.25, 0.3) is 0 Å². The molecule has 30 heavy (non-hydrogen) atoms. The molecular weight excluding hydrogens is 428 g/mol. The molecule has 2 N–H and O–H groups in total. The van der Waals surface area contributed by atoms with Crippen LogP contribution in [-0.2, 0) is 21.4 Å². The Hall–Kier alpha value is -2.98. The lowest BCUT2D eigenvalue weighted by Crippen LogP contribution is -2.24. The molecule has 0 bridgehead atoms. The van der Waals surface area contributed by atoms with Crippen LogP contribution in [-0.4, -0.2) is 34.1 Å². The summed E-state index contributed by atoms with van der Waals surface area (Å²) >= 11 is 5.83. The van der Waals surface area contributed by atoms with Crippen LogP contribution in [0.5, 0.6) is 0 Å². The second kappa shape index (κ2) is 8.80. The summed E-state index contributed by atoms with van der Waals surface area (Å²) in [5.41, 5.74) is 1.79. The minimum atomic E-state index is -3.86. The maximum atomic E-state index is 12.6. The molecule has 1 aromatic carbocycles. The molecular formula is C19H21ClN6O3S. The van der Waals surface area contributed by atoms with E-state index < -0.39 is 10.0 Å². The van der Waals surface area contributed by atoms with Crippen molar-refractivity contribution in [3.05, 3.63) is 59.1 Å². The zero-order chi connectivity index (χ0) is 21.9. The summed E-state index contributed by atoms with van der Waals surface area (Å²) in [6.07, 6.45) is 3.14. The SMILES string of the molecule is Cc1cc(C)nc(NS(=O)(=O)c2ccc(NC(=O)C(C)Cn3cc(Cl)cn3)cc2)n1. The van der Waals surface area contributed by atoms with Gasteiger partial charge in [-0.05, 0) is 44.2 Å². The van der Waals surface area contributed by atoms with E-state index in [1.54, 1.807) is 37.7 Å². The molecule has 0 saturated carbocycles. The maximum absolute atomic E-state index is 12.6. The zero-order valence-corrected chi connectivity index (χ0v) is 18.2. The summed E-state index contributed by atoms with van der Waals surface area (Å²) in [6, 6.07) is 7.59. The normalized spacial score (nSPS) is 12.4. The van der Waals surface area contributed by atoms with E-state index in [1.807, 2.05) is 0 Å². The minimum absolute atomic E-state index is 0.0115. The Balaban J connectivity index is 1.65. The summed E-state index contributed by atoms with van der Waals surface area (Å²) in [5.74, 6) is -0.579. The van der Waals surface area contributed by atoms with E-state index in [0.717, 1.165) is 0 Å². The number of nitrogens with zero attached hydrogens (tertiary/aromatic N) is 4. The van der Waals surface area contributed by atoms with E-state index in [9.17, 15) is 13.2 Å². The Bertz CT molecular complexity index is 1140. The van der Waals surface area contributed by atoms with Crippen LogP contribution in [0.3, 0.4) is 0 Å². The molecule has 1 atom stereocenters. The van der Waals surface area contributed by atoms with Gasteiger partial charge >= 0.3 is 0 Å². The Kier molecular flexibility index (Phi) is 6.37. The van der Waals surface area contributed by atoms with Crippen LogP contribution in [0.1, 0.15) is 18.3 Å². The Morgan fingerprint density at radius 2 is 1.80 bits per heavy atom. The highest BCUT2D eigenvalue weighted by Crippen LogP contribution is 2.18. The van der Waals surface area contributed by atoms with Gasteiger partial charge in [-0.25, -0.2) is 23.1 Å². The van der Waals surface area contributed by atoms with Gasteiger partial charge in [-0.1, -0.05) is 18.5 Å². The number of sulfonamides is 1. The summed E-state index contributed by atoms with van der Waals surface area (Å²) in [4.78, 5) is 20.6. The fourth-order valence-electron chi connectivity index (χ4n) is 2.74. The minimum Gasteiger partial charge on any atom is -0.326 e. The fourth-order valence-corrected chi connectivity index (χ4v) is 3.84. The first kappa shape index (κ1) is 21.7. The maximum Gasteiger partial charge on any atom is 0.264 e. The van der Waals surface area contributed by atoms with Crippen molar-refractivity contribution in [3.8, 4) is 0 Å². The molecule has 11 heteroatoms. The molecule has 1 amide bonds. The van der Waals surface area contributed by atoms with E-state index in [-0.39, 0.29) is 22.7 Å². The predicted octanol–water partition coefficient (Wildman–Crippen LogP) is 3.02. The van der Waals surface area contributed by atoms with Crippen molar-refractivity contribution >= 4 is 39.2 Å². The number of aryl methyl sites for hydroxylation is 2. The van der Waals surface area contributed by atoms with E-state index in [1.165, 1.54) is 30.5 Å². The van der Waals surface area contributed by atoms with Crippen molar-refractivity contribution in [1.29, 1.82) is 0 Å². The first-order valence-electron chi connectivity index (χ1n) is 9.06. The first-order valence-corrected chi connectivity index (χ1v) is 10.9. The number of nitrogens with one attached hydrogen (secondary N) is 2. The second-order valence-corrected chi connectivity index (χ2v) is 8.99. The van der Waals surface area contributed by atoms with Gasteiger partial charge in [0.15, 0.2) is 0 Å². The Labute approximate surface area is 179 Å². The Morgan fingerprint density at radius 1 is 1.17 bits per heavy atom. The molecule has 0 radical (unpaired) electrons. The third kappa shape index (κ3) is 5.55. The molecule has 0 fully saturated rings. The van der Waals surface area contributed by atoms with Crippen molar-refractivity contribution in [2.45, 2.75) is 32.2 Å². The van der Waals surface area contributed by atoms with Gasteiger partial charge in [-0.2, -0.15) is 5.10 Å². The quantitative estimate of drug-likeness (QED) is 0.573. The van der Waals surface area contributed by atoms with E-state index in [2.05, 4.69) is 25.1 Å². The van der Waals surface area contributed by atoms with Crippen LogP contribution in [0.2, 0.25) is 5.02 Å². The lowest BCUT2D eigenvalue weighted by molar-refractivity contribution is -0.119. The zero-order valence-electron chi connectivity index (χ0n) is 16.6. The highest BCUT2D eigenvalue weighted by Gasteiger charge is 2.18. The number of benzene rings is 1. The van der Waals surface area contributed by atoms with Gasteiger partial charge in [0.25, 0.3) is 10.0 Å². The lowest BCUT2D eigenvalue weighted by atomic mass is 10.1. The van der Waals surface area contributed by atoms with Gasteiger partial charge in [0.2, 0.25) is 11.9 Å². The third-order valence-electron chi connectivity index (χ3n) is 4.15. The van der Waals surface area contributed by atoms with Crippen LogP contribution >= 0.6 is 11.6 Å². The van der Waals surface area contributed by atoms with Crippen LogP contribution < -0.4 is 10.0 Å². The molecule has 2 aromatic heterocycles.